The van der Waals surface area contributed by atoms with Gasteiger partial charge in [-0.3, -0.25) is 0 Å². The molecule has 62 valence electrons. The molecule has 0 radical (unpaired) electrons. The quantitative estimate of drug-likeness (QED) is 0.570. The molecular formula is C7H15IO2. The van der Waals surface area contributed by atoms with Gasteiger partial charge in [0.05, 0.1) is 12.2 Å². The van der Waals surface area contributed by atoms with Gasteiger partial charge in [0, 0.05) is 7.11 Å². The highest BCUT2D eigenvalue weighted by atomic mass is 127. The van der Waals surface area contributed by atoms with E-state index in [0.29, 0.717) is 6.61 Å². The number of methoxy groups -OCH3 is 1. The molecule has 0 aliphatic carbocycles. The topological polar surface area (TPSA) is 18.5 Å². The number of hydrogen-bond donors (Lipinski definition) is 0. The van der Waals surface area contributed by atoms with Gasteiger partial charge in [-0.1, -0.05) is 0 Å². The van der Waals surface area contributed by atoms with E-state index in [1.54, 1.807) is 7.11 Å². The van der Waals surface area contributed by atoms with Gasteiger partial charge in [-0.15, -0.1) is 0 Å². The highest BCUT2D eigenvalue weighted by Crippen LogP contribution is 2.14. The van der Waals surface area contributed by atoms with E-state index in [9.17, 15) is 0 Å². The van der Waals surface area contributed by atoms with Gasteiger partial charge in [0.15, 0.2) is 0 Å². The number of hydrogen-bond acceptors (Lipinski definition) is 2. The zero-order valence-electron chi connectivity index (χ0n) is 6.98. The second-order valence-electron chi connectivity index (χ2n) is 3.10. The maximum Gasteiger partial charge on any atom is 0.132 e. The fraction of sp³-hybridized carbons (Fsp3) is 1.00. The van der Waals surface area contributed by atoms with Crippen LogP contribution in [0.5, 0.6) is 0 Å². The van der Waals surface area contributed by atoms with Crippen LogP contribution in [-0.2, 0) is 9.47 Å². The van der Waals surface area contributed by atoms with Crippen molar-refractivity contribution in [2.45, 2.75) is 30.5 Å². The van der Waals surface area contributed by atoms with Crippen molar-refractivity contribution in [2.24, 2.45) is 0 Å². The van der Waals surface area contributed by atoms with E-state index in [-0.39, 0.29) is 9.71 Å². The van der Waals surface area contributed by atoms with E-state index in [1.165, 1.54) is 0 Å². The van der Waals surface area contributed by atoms with Crippen molar-refractivity contribution in [3.63, 3.8) is 0 Å². The summed E-state index contributed by atoms with van der Waals surface area (Å²) in [7, 11) is 1.68. The van der Waals surface area contributed by atoms with Crippen LogP contribution in [0.2, 0.25) is 0 Å². The Morgan fingerprint density at radius 3 is 2.20 bits per heavy atom. The summed E-state index contributed by atoms with van der Waals surface area (Å²) in [4.78, 5) is 0. The van der Waals surface area contributed by atoms with Crippen molar-refractivity contribution in [2.75, 3.05) is 13.7 Å². The van der Waals surface area contributed by atoms with Gasteiger partial charge in [0.1, 0.15) is 4.11 Å². The van der Waals surface area contributed by atoms with Crippen molar-refractivity contribution in [1.82, 2.24) is 0 Å². The second-order valence-corrected chi connectivity index (χ2v) is 4.48. The summed E-state index contributed by atoms with van der Waals surface area (Å²) in [6.45, 7) is 6.76. The number of halogens is 1. The molecular weight excluding hydrogens is 243 g/mol. The summed E-state index contributed by atoms with van der Waals surface area (Å²) < 4.78 is 10.6. The lowest BCUT2D eigenvalue weighted by atomic mass is 10.2. The van der Waals surface area contributed by atoms with Crippen molar-refractivity contribution in [1.29, 1.82) is 0 Å². The third kappa shape index (κ3) is 6.77. The molecule has 3 heteroatoms. The minimum Gasteiger partial charge on any atom is -0.381 e. The molecule has 1 atom stereocenters. The molecule has 0 bridgehead atoms. The second kappa shape index (κ2) is 4.51. The molecule has 0 fully saturated rings. The lowest BCUT2D eigenvalue weighted by Crippen LogP contribution is -2.26. The van der Waals surface area contributed by atoms with Crippen LogP contribution >= 0.6 is 22.6 Å². The average molecular weight is 258 g/mol. The molecule has 0 aromatic carbocycles. The van der Waals surface area contributed by atoms with Gasteiger partial charge in [-0.05, 0) is 43.4 Å². The molecule has 0 aromatic heterocycles. The lowest BCUT2D eigenvalue weighted by molar-refractivity contribution is -0.0373. The largest absolute Gasteiger partial charge is 0.381 e. The zero-order valence-corrected chi connectivity index (χ0v) is 9.14. The summed E-state index contributed by atoms with van der Waals surface area (Å²) in [6, 6.07) is 0. The summed E-state index contributed by atoms with van der Waals surface area (Å²) in [5.74, 6) is 0. The number of alkyl halides is 1. The first kappa shape index (κ1) is 10.7. The predicted molar refractivity (Wildman–Crippen MR) is 50.5 cm³/mol. The van der Waals surface area contributed by atoms with E-state index >= 15 is 0 Å². The molecule has 0 saturated carbocycles. The van der Waals surface area contributed by atoms with Crippen LogP contribution in [0.1, 0.15) is 20.8 Å². The third-order valence-electron chi connectivity index (χ3n) is 0.779. The van der Waals surface area contributed by atoms with Crippen LogP contribution in [-0.4, -0.2) is 23.4 Å². The lowest BCUT2D eigenvalue weighted by Gasteiger charge is -2.23. The average Bonchev–Trinajstić information content (AvgIpc) is 1.59. The Hall–Kier alpha value is 0.650. The van der Waals surface area contributed by atoms with Crippen LogP contribution in [0.15, 0.2) is 0 Å². The fourth-order valence-electron chi connectivity index (χ4n) is 0.549. The van der Waals surface area contributed by atoms with Crippen LogP contribution in [0.25, 0.3) is 0 Å². The monoisotopic (exact) mass is 258 g/mol. The molecule has 0 heterocycles. The minimum atomic E-state index is -0.0651. The SMILES string of the molecule is COCC(I)OC(C)(C)C. The Morgan fingerprint density at radius 2 is 1.90 bits per heavy atom. The Balaban J connectivity index is 3.47. The number of rotatable bonds is 3. The van der Waals surface area contributed by atoms with Crippen LogP contribution in [0, 0.1) is 0 Å². The molecule has 0 aliphatic rings. The molecule has 0 saturated heterocycles. The molecule has 0 rings (SSSR count). The number of ether oxygens (including phenoxy) is 2. The third-order valence-corrected chi connectivity index (χ3v) is 1.39. The molecule has 10 heavy (non-hydrogen) atoms. The molecule has 2 nitrogen and oxygen atoms in total. The first-order chi connectivity index (χ1) is 4.45. The summed E-state index contributed by atoms with van der Waals surface area (Å²) in [5, 5.41) is 0. The Labute approximate surface area is 76.4 Å². The van der Waals surface area contributed by atoms with Crippen molar-refractivity contribution in [3.8, 4) is 0 Å². The Bertz CT molecular complexity index is 88.1. The summed E-state index contributed by atoms with van der Waals surface area (Å²) in [5.41, 5.74) is -0.0651. The first-order valence-electron chi connectivity index (χ1n) is 3.26. The maximum absolute atomic E-state index is 5.54. The van der Waals surface area contributed by atoms with Gasteiger partial charge in [-0.2, -0.15) is 0 Å². The van der Waals surface area contributed by atoms with Gasteiger partial charge >= 0.3 is 0 Å². The zero-order chi connectivity index (χ0) is 8.20. The Morgan fingerprint density at radius 1 is 1.40 bits per heavy atom. The van der Waals surface area contributed by atoms with Gasteiger partial charge in [0.25, 0.3) is 0 Å². The van der Waals surface area contributed by atoms with Crippen molar-refractivity contribution < 1.29 is 9.47 Å². The fourth-order valence-corrected chi connectivity index (χ4v) is 1.67. The van der Waals surface area contributed by atoms with E-state index < -0.39 is 0 Å². The molecule has 0 N–H and O–H groups in total. The maximum atomic E-state index is 5.54. The van der Waals surface area contributed by atoms with E-state index in [0.717, 1.165) is 0 Å². The molecule has 0 aliphatic heterocycles. The van der Waals surface area contributed by atoms with Crippen molar-refractivity contribution >= 4 is 22.6 Å². The normalized spacial score (nSPS) is 15.3. The van der Waals surface area contributed by atoms with Crippen LogP contribution in [0.4, 0.5) is 0 Å². The molecule has 0 spiro atoms. The summed E-state index contributed by atoms with van der Waals surface area (Å²) in [6.07, 6.45) is 0. The minimum absolute atomic E-state index is 0.0651. The van der Waals surface area contributed by atoms with E-state index in [2.05, 4.69) is 22.6 Å². The van der Waals surface area contributed by atoms with E-state index in [1.807, 2.05) is 20.8 Å². The van der Waals surface area contributed by atoms with Gasteiger partial charge in [0.2, 0.25) is 0 Å². The molecule has 1 unspecified atom stereocenters. The Kier molecular flexibility index (Phi) is 4.81. The highest BCUT2D eigenvalue weighted by molar-refractivity contribution is 14.1. The molecule has 0 aromatic rings. The first-order valence-corrected chi connectivity index (χ1v) is 4.51. The van der Waals surface area contributed by atoms with E-state index in [4.69, 9.17) is 9.47 Å². The summed E-state index contributed by atoms with van der Waals surface area (Å²) >= 11 is 2.22. The standard InChI is InChI=1S/C7H15IO2/c1-7(2,3)10-6(8)5-9-4/h6H,5H2,1-4H3. The van der Waals surface area contributed by atoms with Gasteiger partial charge in [-0.25, -0.2) is 0 Å². The van der Waals surface area contributed by atoms with Crippen LogP contribution in [0.3, 0.4) is 0 Å². The smallest absolute Gasteiger partial charge is 0.132 e. The van der Waals surface area contributed by atoms with Crippen molar-refractivity contribution in [3.05, 3.63) is 0 Å². The molecule has 0 amide bonds. The van der Waals surface area contributed by atoms with Gasteiger partial charge < -0.3 is 9.47 Å². The highest BCUT2D eigenvalue weighted by Gasteiger charge is 2.15. The van der Waals surface area contributed by atoms with Crippen LogP contribution < -0.4 is 0 Å². The predicted octanol–water partition coefficient (Wildman–Crippen LogP) is 2.21.